The number of ether oxygens (including phenoxy) is 3. The van der Waals surface area contributed by atoms with E-state index in [0.29, 0.717) is 40.0 Å². The number of terminal acetylenes is 1. The molecule has 0 heterocycles. The standard InChI is InChI=1S/C24H21ClN2O4/c1-4-10-31-23-20(25)11-16(12-22(23)30-5-2)15-26-27-24(28)19-13-17-8-6-7-9-18(17)14-21(19)29-3/h1,6-9,11-15H,5,10H2,2-3H3,(H,27,28)/b26-15-. The Hall–Kier alpha value is -3.69. The van der Waals surface area contributed by atoms with Crippen molar-refractivity contribution in [3.05, 3.63) is 64.7 Å². The summed E-state index contributed by atoms with van der Waals surface area (Å²) in [6.07, 6.45) is 6.71. The van der Waals surface area contributed by atoms with Crippen molar-refractivity contribution in [2.45, 2.75) is 6.92 Å². The molecule has 1 N–H and O–H groups in total. The summed E-state index contributed by atoms with van der Waals surface area (Å²) in [5.41, 5.74) is 3.51. The lowest BCUT2D eigenvalue weighted by molar-refractivity contribution is 0.0952. The molecule has 0 saturated carbocycles. The van der Waals surface area contributed by atoms with E-state index in [1.165, 1.54) is 13.3 Å². The van der Waals surface area contributed by atoms with Crippen molar-refractivity contribution in [2.24, 2.45) is 5.10 Å². The molecule has 1 amide bonds. The van der Waals surface area contributed by atoms with Gasteiger partial charge in [0.25, 0.3) is 5.91 Å². The Morgan fingerprint density at radius 3 is 2.58 bits per heavy atom. The fourth-order valence-corrected chi connectivity index (χ4v) is 3.24. The molecule has 0 aliphatic rings. The fraction of sp³-hybridized carbons (Fsp3) is 0.167. The number of rotatable bonds is 8. The van der Waals surface area contributed by atoms with E-state index in [-0.39, 0.29) is 6.61 Å². The third-order valence-electron chi connectivity index (χ3n) is 4.32. The lowest BCUT2D eigenvalue weighted by atomic mass is 10.1. The van der Waals surface area contributed by atoms with Crippen LogP contribution in [0, 0.1) is 12.3 Å². The van der Waals surface area contributed by atoms with E-state index < -0.39 is 5.91 Å². The molecule has 0 aromatic heterocycles. The molecule has 3 aromatic rings. The van der Waals surface area contributed by atoms with Crippen molar-refractivity contribution < 1.29 is 19.0 Å². The van der Waals surface area contributed by atoms with Gasteiger partial charge in [-0.2, -0.15) is 5.10 Å². The van der Waals surface area contributed by atoms with E-state index >= 15 is 0 Å². The second-order valence-electron chi connectivity index (χ2n) is 6.35. The quantitative estimate of drug-likeness (QED) is 0.316. The Morgan fingerprint density at radius 2 is 1.90 bits per heavy atom. The number of nitrogens with zero attached hydrogens (tertiary/aromatic N) is 1. The normalized spacial score (nSPS) is 10.6. The number of benzene rings is 3. The van der Waals surface area contributed by atoms with Crippen molar-refractivity contribution >= 4 is 34.5 Å². The zero-order valence-electron chi connectivity index (χ0n) is 17.1. The molecule has 3 rings (SSSR count). The van der Waals surface area contributed by atoms with Crippen molar-refractivity contribution in [1.29, 1.82) is 0 Å². The molecule has 6 nitrogen and oxygen atoms in total. The first-order chi connectivity index (χ1) is 15.1. The summed E-state index contributed by atoms with van der Waals surface area (Å²) < 4.78 is 16.4. The Morgan fingerprint density at radius 1 is 1.16 bits per heavy atom. The number of fused-ring (bicyclic) bond motifs is 1. The molecule has 0 radical (unpaired) electrons. The summed E-state index contributed by atoms with van der Waals surface area (Å²) in [5.74, 6) is 3.26. The molecule has 31 heavy (non-hydrogen) atoms. The number of halogens is 1. The minimum atomic E-state index is -0.399. The van der Waals surface area contributed by atoms with Crippen LogP contribution in [0.15, 0.2) is 53.6 Å². The van der Waals surface area contributed by atoms with Gasteiger partial charge in [-0.05, 0) is 47.5 Å². The van der Waals surface area contributed by atoms with Crippen LogP contribution >= 0.6 is 11.6 Å². The highest BCUT2D eigenvalue weighted by Gasteiger charge is 2.14. The Bertz CT molecular complexity index is 1170. The summed E-state index contributed by atoms with van der Waals surface area (Å²) in [4.78, 5) is 12.7. The summed E-state index contributed by atoms with van der Waals surface area (Å²) in [6.45, 7) is 2.33. The van der Waals surface area contributed by atoms with Gasteiger partial charge in [-0.15, -0.1) is 6.42 Å². The van der Waals surface area contributed by atoms with Gasteiger partial charge in [-0.1, -0.05) is 41.8 Å². The molecule has 0 fully saturated rings. The number of carbonyl (C=O) groups excluding carboxylic acids is 1. The van der Waals surface area contributed by atoms with E-state index in [1.54, 1.807) is 18.2 Å². The van der Waals surface area contributed by atoms with Crippen LogP contribution in [0.2, 0.25) is 5.02 Å². The van der Waals surface area contributed by atoms with Gasteiger partial charge >= 0.3 is 0 Å². The van der Waals surface area contributed by atoms with E-state index in [0.717, 1.165) is 10.8 Å². The van der Waals surface area contributed by atoms with Crippen LogP contribution in [0.3, 0.4) is 0 Å². The van der Waals surface area contributed by atoms with Gasteiger partial charge in [-0.25, -0.2) is 5.43 Å². The Labute approximate surface area is 185 Å². The zero-order chi connectivity index (χ0) is 22.2. The fourth-order valence-electron chi connectivity index (χ4n) is 2.97. The number of hydrazone groups is 1. The summed E-state index contributed by atoms with van der Waals surface area (Å²) in [7, 11) is 1.52. The van der Waals surface area contributed by atoms with Gasteiger partial charge in [0.1, 0.15) is 12.4 Å². The average Bonchev–Trinajstić information content (AvgIpc) is 2.77. The number of methoxy groups -OCH3 is 1. The second kappa shape index (κ2) is 10.4. The number of carbonyl (C=O) groups is 1. The number of amides is 1. The SMILES string of the molecule is C#CCOc1c(Cl)cc(/C=N\NC(=O)c2cc3ccccc3cc2OC)cc1OCC. The molecule has 0 aliphatic carbocycles. The molecule has 0 unspecified atom stereocenters. The first-order valence-corrected chi connectivity index (χ1v) is 9.88. The predicted molar refractivity (Wildman–Crippen MR) is 123 cm³/mol. The molecule has 0 spiro atoms. The molecule has 0 bridgehead atoms. The third-order valence-corrected chi connectivity index (χ3v) is 4.60. The molecule has 0 saturated heterocycles. The minimum absolute atomic E-state index is 0.0663. The summed E-state index contributed by atoms with van der Waals surface area (Å²) in [6, 6.07) is 14.6. The Balaban J connectivity index is 1.81. The van der Waals surface area contributed by atoms with E-state index in [2.05, 4.69) is 16.4 Å². The van der Waals surface area contributed by atoms with Crippen LogP contribution in [-0.2, 0) is 0 Å². The highest BCUT2D eigenvalue weighted by Crippen LogP contribution is 2.36. The van der Waals surface area contributed by atoms with Crippen molar-refractivity contribution in [3.63, 3.8) is 0 Å². The first kappa shape index (κ1) is 22.0. The van der Waals surface area contributed by atoms with Crippen LogP contribution in [0.25, 0.3) is 10.8 Å². The smallest absolute Gasteiger partial charge is 0.275 e. The van der Waals surface area contributed by atoms with Gasteiger partial charge in [-0.3, -0.25) is 4.79 Å². The van der Waals surface area contributed by atoms with E-state index in [1.807, 2.05) is 37.3 Å². The van der Waals surface area contributed by atoms with Crippen molar-refractivity contribution in [1.82, 2.24) is 5.43 Å². The first-order valence-electron chi connectivity index (χ1n) is 9.50. The number of hydrogen-bond donors (Lipinski definition) is 1. The van der Waals surface area contributed by atoms with Gasteiger partial charge in [0.2, 0.25) is 0 Å². The van der Waals surface area contributed by atoms with Gasteiger partial charge < -0.3 is 14.2 Å². The molecule has 7 heteroatoms. The zero-order valence-corrected chi connectivity index (χ0v) is 17.9. The van der Waals surface area contributed by atoms with Crippen molar-refractivity contribution in [2.75, 3.05) is 20.3 Å². The maximum Gasteiger partial charge on any atom is 0.275 e. The monoisotopic (exact) mass is 436 g/mol. The highest BCUT2D eigenvalue weighted by molar-refractivity contribution is 6.32. The molecule has 0 aliphatic heterocycles. The number of hydrogen-bond acceptors (Lipinski definition) is 5. The highest BCUT2D eigenvalue weighted by atomic mass is 35.5. The topological polar surface area (TPSA) is 69.2 Å². The second-order valence-corrected chi connectivity index (χ2v) is 6.76. The molecular weight excluding hydrogens is 416 g/mol. The van der Waals surface area contributed by atoms with Crippen LogP contribution in [0.1, 0.15) is 22.8 Å². The summed E-state index contributed by atoms with van der Waals surface area (Å²) in [5, 5.41) is 6.27. The van der Waals surface area contributed by atoms with Crippen LogP contribution in [0.4, 0.5) is 0 Å². The van der Waals surface area contributed by atoms with Gasteiger partial charge in [0, 0.05) is 0 Å². The summed E-state index contributed by atoms with van der Waals surface area (Å²) >= 11 is 6.30. The van der Waals surface area contributed by atoms with Crippen LogP contribution < -0.4 is 19.6 Å². The molecule has 0 atom stereocenters. The van der Waals surface area contributed by atoms with Crippen LogP contribution in [-0.4, -0.2) is 32.4 Å². The predicted octanol–water partition coefficient (Wildman–Crippen LogP) is 4.68. The lowest BCUT2D eigenvalue weighted by Gasteiger charge is -2.13. The van der Waals surface area contributed by atoms with E-state index in [4.69, 9.17) is 32.2 Å². The maximum absolute atomic E-state index is 12.7. The Kier molecular flexibility index (Phi) is 7.36. The van der Waals surface area contributed by atoms with E-state index in [9.17, 15) is 4.79 Å². The largest absolute Gasteiger partial charge is 0.496 e. The minimum Gasteiger partial charge on any atom is -0.496 e. The maximum atomic E-state index is 12.7. The molecular formula is C24H21ClN2O4. The molecule has 158 valence electrons. The average molecular weight is 437 g/mol. The number of nitrogens with one attached hydrogen (secondary N) is 1. The van der Waals surface area contributed by atoms with Crippen LogP contribution in [0.5, 0.6) is 17.2 Å². The van der Waals surface area contributed by atoms with Gasteiger partial charge in [0.05, 0.1) is 30.5 Å². The van der Waals surface area contributed by atoms with Crippen molar-refractivity contribution in [3.8, 4) is 29.6 Å². The lowest BCUT2D eigenvalue weighted by Crippen LogP contribution is -2.18. The third kappa shape index (κ3) is 5.27. The molecule has 3 aromatic carbocycles. The van der Waals surface area contributed by atoms with Gasteiger partial charge in [0.15, 0.2) is 11.5 Å².